The maximum Gasteiger partial charge on any atom is 0.181 e. The molecule has 1 saturated heterocycles. The number of benzene rings is 1. The molecule has 0 amide bonds. The molecule has 0 unspecified atom stereocenters. The quantitative estimate of drug-likeness (QED) is 0.792. The summed E-state index contributed by atoms with van der Waals surface area (Å²) >= 11 is 0. The van der Waals surface area contributed by atoms with Gasteiger partial charge in [0.2, 0.25) is 0 Å². The van der Waals surface area contributed by atoms with Gasteiger partial charge in [-0.2, -0.15) is 0 Å². The van der Waals surface area contributed by atoms with E-state index < -0.39 is 18.5 Å². The lowest BCUT2D eigenvalue weighted by molar-refractivity contribution is -0.228. The predicted molar refractivity (Wildman–Crippen MR) is 57.6 cm³/mol. The molecule has 0 aliphatic carbocycles. The standard InChI is InChI=1S/C12H16O4/c13-10-6-11(12(14)16-8-10)15-7-9-4-2-1-3-5-9/h1-5,10-14H,6-8H2/t10-,11-,12-/m0/s1. The molecule has 1 fully saturated rings. The Hall–Kier alpha value is -0.940. The van der Waals surface area contributed by atoms with Crippen molar-refractivity contribution < 1.29 is 19.7 Å². The summed E-state index contributed by atoms with van der Waals surface area (Å²) in [4.78, 5) is 0. The fourth-order valence-electron chi connectivity index (χ4n) is 1.70. The van der Waals surface area contributed by atoms with E-state index in [1.54, 1.807) is 0 Å². The second-order valence-electron chi connectivity index (χ2n) is 3.95. The van der Waals surface area contributed by atoms with Crippen LogP contribution in [0.15, 0.2) is 30.3 Å². The Kier molecular flexibility index (Phi) is 3.90. The van der Waals surface area contributed by atoms with Gasteiger partial charge in [0, 0.05) is 6.42 Å². The molecule has 2 N–H and O–H groups in total. The summed E-state index contributed by atoms with van der Waals surface area (Å²) in [6.07, 6.45) is -1.53. The van der Waals surface area contributed by atoms with Crippen molar-refractivity contribution in [1.29, 1.82) is 0 Å². The predicted octanol–water partition coefficient (Wildman–Crippen LogP) is 0.671. The SMILES string of the molecule is O[C@@H]1CO[C@H](O)[C@@H](OCc2ccccc2)C1. The first-order valence-electron chi connectivity index (χ1n) is 5.39. The van der Waals surface area contributed by atoms with Crippen molar-refractivity contribution in [2.24, 2.45) is 0 Å². The zero-order valence-corrected chi connectivity index (χ0v) is 8.95. The first-order valence-corrected chi connectivity index (χ1v) is 5.39. The molecular formula is C12H16O4. The number of hydrogen-bond acceptors (Lipinski definition) is 4. The number of aliphatic hydroxyl groups is 2. The molecule has 1 aromatic carbocycles. The minimum absolute atomic E-state index is 0.173. The first-order chi connectivity index (χ1) is 7.75. The normalized spacial score (nSPS) is 30.2. The Bertz CT molecular complexity index is 314. The monoisotopic (exact) mass is 224 g/mol. The molecule has 0 spiro atoms. The van der Waals surface area contributed by atoms with E-state index in [0.717, 1.165) is 5.56 Å². The number of rotatable bonds is 3. The molecule has 1 aromatic rings. The summed E-state index contributed by atoms with van der Waals surface area (Å²) < 4.78 is 10.5. The van der Waals surface area contributed by atoms with Crippen LogP contribution < -0.4 is 0 Å². The van der Waals surface area contributed by atoms with E-state index in [-0.39, 0.29) is 6.61 Å². The first kappa shape index (κ1) is 11.5. The number of aliphatic hydroxyl groups excluding tert-OH is 2. The molecule has 1 aliphatic rings. The fraction of sp³-hybridized carbons (Fsp3) is 0.500. The van der Waals surface area contributed by atoms with E-state index >= 15 is 0 Å². The Labute approximate surface area is 94.4 Å². The Morgan fingerprint density at radius 1 is 1.25 bits per heavy atom. The average Bonchev–Trinajstić information content (AvgIpc) is 2.32. The maximum absolute atomic E-state index is 9.51. The minimum Gasteiger partial charge on any atom is -0.391 e. The molecule has 0 saturated carbocycles. The lowest BCUT2D eigenvalue weighted by Gasteiger charge is -2.30. The summed E-state index contributed by atoms with van der Waals surface area (Å²) in [5.41, 5.74) is 1.04. The van der Waals surface area contributed by atoms with Crippen LogP contribution in [0, 0.1) is 0 Å². The Balaban J connectivity index is 1.85. The van der Waals surface area contributed by atoms with Gasteiger partial charge in [0.25, 0.3) is 0 Å². The molecule has 0 bridgehead atoms. The van der Waals surface area contributed by atoms with Gasteiger partial charge in [0.1, 0.15) is 6.10 Å². The lowest BCUT2D eigenvalue weighted by atomic mass is 10.1. The highest BCUT2D eigenvalue weighted by molar-refractivity contribution is 5.13. The van der Waals surface area contributed by atoms with Crippen molar-refractivity contribution in [3.63, 3.8) is 0 Å². The largest absolute Gasteiger partial charge is 0.391 e. The van der Waals surface area contributed by atoms with Gasteiger partial charge < -0.3 is 19.7 Å². The average molecular weight is 224 g/mol. The summed E-state index contributed by atoms with van der Waals surface area (Å²) in [5, 5.41) is 18.9. The van der Waals surface area contributed by atoms with Gasteiger partial charge >= 0.3 is 0 Å². The zero-order valence-electron chi connectivity index (χ0n) is 8.95. The minimum atomic E-state index is -0.938. The van der Waals surface area contributed by atoms with Crippen LogP contribution in [0.1, 0.15) is 12.0 Å². The van der Waals surface area contributed by atoms with E-state index in [9.17, 15) is 10.2 Å². The van der Waals surface area contributed by atoms with Crippen LogP contribution in [0.5, 0.6) is 0 Å². The van der Waals surface area contributed by atoms with Gasteiger partial charge in [0.15, 0.2) is 6.29 Å². The molecule has 88 valence electrons. The van der Waals surface area contributed by atoms with E-state index in [1.165, 1.54) is 0 Å². The third-order valence-corrected chi connectivity index (χ3v) is 2.59. The molecule has 16 heavy (non-hydrogen) atoms. The van der Waals surface area contributed by atoms with Crippen LogP contribution in [-0.4, -0.2) is 35.3 Å². The van der Waals surface area contributed by atoms with Crippen LogP contribution in [-0.2, 0) is 16.1 Å². The van der Waals surface area contributed by atoms with Gasteiger partial charge in [-0.05, 0) is 5.56 Å². The molecule has 3 atom stereocenters. The van der Waals surface area contributed by atoms with E-state index in [0.29, 0.717) is 13.0 Å². The second-order valence-corrected chi connectivity index (χ2v) is 3.95. The Morgan fingerprint density at radius 2 is 2.00 bits per heavy atom. The summed E-state index contributed by atoms with van der Waals surface area (Å²) in [5.74, 6) is 0. The van der Waals surface area contributed by atoms with Crippen molar-refractivity contribution in [2.45, 2.75) is 31.5 Å². The van der Waals surface area contributed by atoms with Gasteiger partial charge in [-0.25, -0.2) is 0 Å². The highest BCUT2D eigenvalue weighted by atomic mass is 16.6. The van der Waals surface area contributed by atoms with Crippen LogP contribution in [0.3, 0.4) is 0 Å². The van der Waals surface area contributed by atoms with Crippen LogP contribution >= 0.6 is 0 Å². The molecule has 0 radical (unpaired) electrons. The maximum atomic E-state index is 9.51. The third-order valence-electron chi connectivity index (χ3n) is 2.59. The molecule has 1 aliphatic heterocycles. The van der Waals surface area contributed by atoms with Gasteiger partial charge in [-0.1, -0.05) is 30.3 Å². The number of hydrogen-bond donors (Lipinski definition) is 2. The van der Waals surface area contributed by atoms with Crippen molar-refractivity contribution in [3.05, 3.63) is 35.9 Å². The third kappa shape index (κ3) is 3.02. The summed E-state index contributed by atoms with van der Waals surface area (Å²) in [6, 6.07) is 9.70. The molecule has 0 aromatic heterocycles. The van der Waals surface area contributed by atoms with Crippen molar-refractivity contribution in [3.8, 4) is 0 Å². The second kappa shape index (κ2) is 5.41. The highest BCUT2D eigenvalue weighted by Crippen LogP contribution is 2.17. The van der Waals surface area contributed by atoms with Crippen molar-refractivity contribution >= 4 is 0 Å². The van der Waals surface area contributed by atoms with E-state index in [4.69, 9.17) is 9.47 Å². The topological polar surface area (TPSA) is 58.9 Å². The summed E-state index contributed by atoms with van der Waals surface area (Å²) in [7, 11) is 0. The van der Waals surface area contributed by atoms with Crippen molar-refractivity contribution in [2.75, 3.05) is 6.61 Å². The van der Waals surface area contributed by atoms with Gasteiger partial charge in [0.05, 0.1) is 19.3 Å². The van der Waals surface area contributed by atoms with Gasteiger partial charge in [-0.3, -0.25) is 0 Å². The fourth-order valence-corrected chi connectivity index (χ4v) is 1.70. The molecule has 2 rings (SSSR count). The molecule has 4 heteroatoms. The Morgan fingerprint density at radius 3 is 2.75 bits per heavy atom. The zero-order chi connectivity index (χ0) is 11.4. The van der Waals surface area contributed by atoms with Gasteiger partial charge in [-0.15, -0.1) is 0 Å². The van der Waals surface area contributed by atoms with Crippen LogP contribution in [0.25, 0.3) is 0 Å². The van der Waals surface area contributed by atoms with E-state index in [1.807, 2.05) is 30.3 Å². The summed E-state index contributed by atoms with van der Waals surface area (Å²) in [6.45, 7) is 0.588. The molecule has 4 nitrogen and oxygen atoms in total. The highest BCUT2D eigenvalue weighted by Gasteiger charge is 2.29. The van der Waals surface area contributed by atoms with Crippen molar-refractivity contribution in [1.82, 2.24) is 0 Å². The lowest BCUT2D eigenvalue weighted by Crippen LogP contribution is -2.42. The molecular weight excluding hydrogens is 208 g/mol. The number of ether oxygens (including phenoxy) is 2. The van der Waals surface area contributed by atoms with Crippen LogP contribution in [0.2, 0.25) is 0 Å². The molecule has 1 heterocycles. The van der Waals surface area contributed by atoms with E-state index in [2.05, 4.69) is 0 Å². The van der Waals surface area contributed by atoms with Crippen LogP contribution in [0.4, 0.5) is 0 Å². The smallest absolute Gasteiger partial charge is 0.181 e.